The van der Waals surface area contributed by atoms with Crippen molar-refractivity contribution in [2.75, 3.05) is 11.9 Å². The number of hydrogen-bond donors (Lipinski definition) is 1. The van der Waals surface area contributed by atoms with E-state index in [2.05, 4.69) is 5.32 Å². The number of ketones is 1. The van der Waals surface area contributed by atoms with Crippen molar-refractivity contribution >= 4 is 17.4 Å². The van der Waals surface area contributed by atoms with E-state index in [1.54, 1.807) is 0 Å². The van der Waals surface area contributed by atoms with Crippen LogP contribution < -0.4 is 5.32 Å². The van der Waals surface area contributed by atoms with Crippen molar-refractivity contribution in [2.45, 2.75) is 44.6 Å². The Morgan fingerprint density at radius 3 is 3.05 bits per heavy atom. The molecule has 0 radical (unpaired) electrons. The van der Waals surface area contributed by atoms with Gasteiger partial charge in [0.1, 0.15) is 0 Å². The van der Waals surface area contributed by atoms with E-state index < -0.39 is 0 Å². The SMILES string of the molecule is O=C1CCc2cc(C(=O)CCC3CCCO3)ccc2N1. The maximum atomic E-state index is 12.2. The molecule has 1 fully saturated rings. The van der Waals surface area contributed by atoms with Gasteiger partial charge in [-0.05, 0) is 49.4 Å². The zero-order valence-electron chi connectivity index (χ0n) is 11.5. The highest BCUT2D eigenvalue weighted by molar-refractivity contribution is 5.98. The summed E-state index contributed by atoms with van der Waals surface area (Å²) < 4.78 is 5.54. The number of nitrogens with one attached hydrogen (secondary N) is 1. The Hall–Kier alpha value is -1.68. The molecule has 1 aromatic rings. The van der Waals surface area contributed by atoms with Gasteiger partial charge in [-0.1, -0.05) is 0 Å². The Kier molecular flexibility index (Phi) is 3.83. The number of amides is 1. The van der Waals surface area contributed by atoms with Gasteiger partial charge in [-0.25, -0.2) is 0 Å². The number of hydrogen-bond acceptors (Lipinski definition) is 3. The fourth-order valence-electron chi connectivity index (χ4n) is 2.87. The van der Waals surface area contributed by atoms with Crippen molar-refractivity contribution in [1.82, 2.24) is 0 Å². The van der Waals surface area contributed by atoms with Gasteiger partial charge in [0, 0.05) is 30.7 Å². The van der Waals surface area contributed by atoms with Crippen LogP contribution >= 0.6 is 0 Å². The minimum atomic E-state index is 0.0509. The average Bonchev–Trinajstić information content (AvgIpc) is 2.97. The molecular formula is C16H19NO3. The van der Waals surface area contributed by atoms with Crippen LogP contribution in [0.5, 0.6) is 0 Å². The second-order valence-electron chi connectivity index (χ2n) is 5.52. The van der Waals surface area contributed by atoms with E-state index in [4.69, 9.17) is 4.74 Å². The first-order valence-corrected chi connectivity index (χ1v) is 7.30. The predicted octanol–water partition coefficient (Wildman–Crippen LogP) is 2.71. The van der Waals surface area contributed by atoms with Crippen LogP contribution in [-0.4, -0.2) is 24.4 Å². The van der Waals surface area contributed by atoms with Crippen LogP contribution in [0.15, 0.2) is 18.2 Å². The van der Waals surface area contributed by atoms with Gasteiger partial charge < -0.3 is 10.1 Å². The lowest BCUT2D eigenvalue weighted by Crippen LogP contribution is -2.19. The smallest absolute Gasteiger partial charge is 0.224 e. The molecule has 4 nitrogen and oxygen atoms in total. The summed E-state index contributed by atoms with van der Waals surface area (Å²) in [6.45, 7) is 0.831. The molecule has 2 aliphatic rings. The number of fused-ring (bicyclic) bond motifs is 1. The first-order valence-electron chi connectivity index (χ1n) is 7.30. The van der Waals surface area contributed by atoms with Crippen LogP contribution in [0.2, 0.25) is 0 Å². The summed E-state index contributed by atoms with van der Waals surface area (Å²) in [5.74, 6) is 0.218. The monoisotopic (exact) mass is 273 g/mol. The zero-order chi connectivity index (χ0) is 13.9. The largest absolute Gasteiger partial charge is 0.378 e. The summed E-state index contributed by atoms with van der Waals surface area (Å²) in [5.41, 5.74) is 2.65. The predicted molar refractivity (Wildman–Crippen MR) is 75.9 cm³/mol. The first kappa shape index (κ1) is 13.3. The molecule has 1 atom stereocenters. The second-order valence-corrected chi connectivity index (χ2v) is 5.52. The van der Waals surface area contributed by atoms with Crippen molar-refractivity contribution in [3.8, 4) is 0 Å². The van der Waals surface area contributed by atoms with Gasteiger partial charge in [0.05, 0.1) is 6.10 Å². The van der Waals surface area contributed by atoms with Crippen LogP contribution in [0.4, 0.5) is 5.69 Å². The van der Waals surface area contributed by atoms with Crippen molar-refractivity contribution in [3.05, 3.63) is 29.3 Å². The van der Waals surface area contributed by atoms with Crippen molar-refractivity contribution in [2.24, 2.45) is 0 Å². The Bertz CT molecular complexity index is 533. The highest BCUT2D eigenvalue weighted by atomic mass is 16.5. The average molecular weight is 273 g/mol. The van der Waals surface area contributed by atoms with Crippen LogP contribution in [0, 0.1) is 0 Å². The Morgan fingerprint density at radius 2 is 2.25 bits per heavy atom. The number of carbonyl (C=O) groups excluding carboxylic acids is 2. The van der Waals surface area contributed by atoms with E-state index in [-0.39, 0.29) is 17.8 Å². The molecular weight excluding hydrogens is 254 g/mol. The molecule has 0 aliphatic carbocycles. The summed E-state index contributed by atoms with van der Waals surface area (Å²) in [6, 6.07) is 5.57. The molecule has 0 bridgehead atoms. The molecule has 0 aromatic heterocycles. The molecule has 0 saturated carbocycles. The van der Waals surface area contributed by atoms with Crippen LogP contribution in [0.25, 0.3) is 0 Å². The van der Waals surface area contributed by atoms with Crippen LogP contribution in [0.3, 0.4) is 0 Å². The van der Waals surface area contributed by atoms with Gasteiger partial charge in [0.2, 0.25) is 5.91 Å². The maximum absolute atomic E-state index is 12.2. The molecule has 0 spiro atoms. The van der Waals surface area contributed by atoms with Gasteiger partial charge in [-0.15, -0.1) is 0 Å². The van der Waals surface area contributed by atoms with E-state index in [0.717, 1.165) is 42.7 Å². The third kappa shape index (κ3) is 2.90. The number of carbonyl (C=O) groups is 2. The van der Waals surface area contributed by atoms with Crippen molar-refractivity contribution < 1.29 is 14.3 Å². The number of benzene rings is 1. The third-order valence-electron chi connectivity index (χ3n) is 4.04. The Balaban J connectivity index is 1.64. The molecule has 1 N–H and O–H groups in total. The lowest BCUT2D eigenvalue weighted by atomic mass is 9.97. The lowest BCUT2D eigenvalue weighted by Gasteiger charge is -2.17. The molecule has 1 aromatic carbocycles. The minimum absolute atomic E-state index is 0.0509. The van der Waals surface area contributed by atoms with Gasteiger partial charge >= 0.3 is 0 Å². The quantitative estimate of drug-likeness (QED) is 0.858. The van der Waals surface area contributed by atoms with Crippen LogP contribution in [-0.2, 0) is 16.0 Å². The molecule has 2 aliphatic heterocycles. The molecule has 3 rings (SSSR count). The molecule has 1 saturated heterocycles. The highest BCUT2D eigenvalue weighted by Gasteiger charge is 2.19. The first-order chi connectivity index (χ1) is 9.72. The lowest BCUT2D eigenvalue weighted by molar-refractivity contribution is -0.116. The van der Waals surface area contributed by atoms with E-state index in [9.17, 15) is 9.59 Å². The van der Waals surface area contributed by atoms with Gasteiger partial charge in [-0.3, -0.25) is 9.59 Å². The minimum Gasteiger partial charge on any atom is -0.378 e. The molecule has 1 amide bonds. The number of aryl methyl sites for hydroxylation is 1. The van der Waals surface area contributed by atoms with Gasteiger partial charge in [0.25, 0.3) is 0 Å². The molecule has 1 unspecified atom stereocenters. The fourth-order valence-corrected chi connectivity index (χ4v) is 2.87. The molecule has 106 valence electrons. The normalized spacial score (nSPS) is 21.4. The number of Topliss-reactive ketones (excluding diaryl/α,β-unsaturated/α-hetero) is 1. The summed E-state index contributed by atoms with van der Waals surface area (Å²) in [4.78, 5) is 23.5. The van der Waals surface area contributed by atoms with E-state index in [0.29, 0.717) is 19.3 Å². The van der Waals surface area contributed by atoms with E-state index >= 15 is 0 Å². The van der Waals surface area contributed by atoms with E-state index in [1.165, 1.54) is 0 Å². The van der Waals surface area contributed by atoms with E-state index in [1.807, 2.05) is 18.2 Å². The number of ether oxygens (including phenoxy) is 1. The summed E-state index contributed by atoms with van der Waals surface area (Å²) in [7, 11) is 0. The summed E-state index contributed by atoms with van der Waals surface area (Å²) in [5, 5.41) is 2.83. The van der Waals surface area contributed by atoms with Gasteiger partial charge in [0.15, 0.2) is 5.78 Å². The van der Waals surface area contributed by atoms with Crippen LogP contribution in [0.1, 0.15) is 48.0 Å². The summed E-state index contributed by atoms with van der Waals surface area (Å²) >= 11 is 0. The standard InChI is InChI=1S/C16H19NO3/c18-15(7-5-13-2-1-9-20-13)12-3-6-14-11(10-12)4-8-16(19)17-14/h3,6,10,13H,1-2,4-5,7-9H2,(H,17,19). The molecule has 2 heterocycles. The van der Waals surface area contributed by atoms with Gasteiger partial charge in [-0.2, -0.15) is 0 Å². The second kappa shape index (κ2) is 5.75. The number of anilines is 1. The van der Waals surface area contributed by atoms with Crippen molar-refractivity contribution in [1.29, 1.82) is 0 Å². The maximum Gasteiger partial charge on any atom is 0.224 e. The zero-order valence-corrected chi connectivity index (χ0v) is 11.5. The third-order valence-corrected chi connectivity index (χ3v) is 4.04. The molecule has 4 heteroatoms. The fraction of sp³-hybridized carbons (Fsp3) is 0.500. The number of rotatable bonds is 4. The Morgan fingerprint density at radius 1 is 1.35 bits per heavy atom. The molecule has 20 heavy (non-hydrogen) atoms. The van der Waals surface area contributed by atoms with Crippen molar-refractivity contribution in [3.63, 3.8) is 0 Å². The summed E-state index contributed by atoms with van der Waals surface area (Å²) in [6.07, 6.45) is 5.01. The Labute approximate surface area is 118 Å². The topological polar surface area (TPSA) is 55.4 Å². The highest BCUT2D eigenvalue weighted by Crippen LogP contribution is 2.25.